The van der Waals surface area contributed by atoms with Crippen LogP contribution in [0.5, 0.6) is 0 Å². The Hall–Kier alpha value is -1.87. The smallest absolute Gasteiger partial charge is 0.341 e. The second-order valence-corrected chi connectivity index (χ2v) is 9.86. The minimum Gasteiger partial charge on any atom is -0.465 e. The first-order valence-electron chi connectivity index (χ1n) is 10.7. The number of aromatic nitrogens is 3. The van der Waals surface area contributed by atoms with Gasteiger partial charge in [0.15, 0.2) is 5.16 Å². The number of hydrogen-bond donors (Lipinski definition) is 1. The van der Waals surface area contributed by atoms with Crippen molar-refractivity contribution in [1.29, 1.82) is 0 Å². The lowest BCUT2D eigenvalue weighted by Gasteiger charge is -2.12. The van der Waals surface area contributed by atoms with Crippen LogP contribution in [-0.4, -0.2) is 39.5 Å². The minimum absolute atomic E-state index is 0.142. The van der Waals surface area contributed by atoms with Crippen molar-refractivity contribution >= 4 is 40.0 Å². The van der Waals surface area contributed by atoms with E-state index < -0.39 is 0 Å². The molecule has 2 aliphatic carbocycles. The van der Waals surface area contributed by atoms with Gasteiger partial charge in [0.25, 0.3) is 0 Å². The summed E-state index contributed by atoms with van der Waals surface area (Å²) in [5.74, 6) is 1.25. The number of anilines is 1. The van der Waals surface area contributed by atoms with E-state index in [1.54, 1.807) is 0 Å². The predicted octanol–water partition coefficient (Wildman–Crippen LogP) is 4.41. The Balaban J connectivity index is 1.45. The van der Waals surface area contributed by atoms with Crippen molar-refractivity contribution in [3.8, 4) is 0 Å². The summed E-state index contributed by atoms with van der Waals surface area (Å²) in [7, 11) is 1.39. The summed E-state index contributed by atoms with van der Waals surface area (Å²) < 4.78 is 7.12. The number of esters is 1. The van der Waals surface area contributed by atoms with Gasteiger partial charge < -0.3 is 14.6 Å². The summed E-state index contributed by atoms with van der Waals surface area (Å²) in [6.07, 6.45) is 8.84. The van der Waals surface area contributed by atoms with E-state index in [2.05, 4.69) is 27.0 Å². The number of rotatable bonds is 7. The fourth-order valence-electron chi connectivity index (χ4n) is 4.45. The highest BCUT2D eigenvalue weighted by Gasteiger charge is 2.27. The van der Waals surface area contributed by atoms with E-state index in [9.17, 15) is 9.59 Å². The molecule has 7 nitrogen and oxygen atoms in total. The molecule has 30 heavy (non-hydrogen) atoms. The number of amides is 1. The van der Waals surface area contributed by atoms with Crippen LogP contribution in [0.1, 0.15) is 78.0 Å². The molecule has 0 spiro atoms. The molecule has 0 aromatic carbocycles. The van der Waals surface area contributed by atoms with Crippen LogP contribution in [0.25, 0.3) is 0 Å². The van der Waals surface area contributed by atoms with Crippen LogP contribution in [0.15, 0.2) is 5.16 Å². The van der Waals surface area contributed by atoms with Gasteiger partial charge in [-0.3, -0.25) is 4.79 Å². The topological polar surface area (TPSA) is 86.1 Å². The number of aryl methyl sites for hydroxylation is 1. The highest BCUT2D eigenvalue weighted by molar-refractivity contribution is 7.99. The Morgan fingerprint density at radius 1 is 1.20 bits per heavy atom. The van der Waals surface area contributed by atoms with Gasteiger partial charge in [-0.05, 0) is 51.0 Å². The van der Waals surface area contributed by atoms with E-state index in [0.29, 0.717) is 16.5 Å². The van der Waals surface area contributed by atoms with Gasteiger partial charge in [-0.2, -0.15) is 0 Å². The van der Waals surface area contributed by atoms with Crippen molar-refractivity contribution in [3.63, 3.8) is 0 Å². The third kappa shape index (κ3) is 4.27. The summed E-state index contributed by atoms with van der Waals surface area (Å²) in [4.78, 5) is 26.2. The normalized spacial score (nSPS) is 16.5. The maximum absolute atomic E-state index is 12.7. The molecule has 9 heteroatoms. The number of nitrogens with zero attached hydrogens (tertiary/aromatic N) is 3. The van der Waals surface area contributed by atoms with E-state index >= 15 is 0 Å². The summed E-state index contributed by atoms with van der Waals surface area (Å²) in [6.45, 7) is 2.89. The monoisotopic (exact) mass is 448 g/mol. The molecule has 2 aromatic heterocycles. The number of carbonyl (C=O) groups is 2. The Morgan fingerprint density at radius 3 is 2.70 bits per heavy atom. The first-order valence-corrected chi connectivity index (χ1v) is 12.5. The third-order valence-corrected chi connectivity index (χ3v) is 8.10. The Morgan fingerprint density at radius 2 is 1.97 bits per heavy atom. The van der Waals surface area contributed by atoms with Gasteiger partial charge in [0.2, 0.25) is 5.91 Å². The number of ether oxygens (including phenoxy) is 1. The third-order valence-electron chi connectivity index (χ3n) is 5.93. The first-order chi connectivity index (χ1) is 14.6. The zero-order valence-corrected chi connectivity index (χ0v) is 19.2. The van der Waals surface area contributed by atoms with Gasteiger partial charge in [-0.15, -0.1) is 21.5 Å². The lowest BCUT2D eigenvalue weighted by Crippen LogP contribution is -2.17. The summed E-state index contributed by atoms with van der Waals surface area (Å²) in [5, 5.41) is 13.1. The summed E-state index contributed by atoms with van der Waals surface area (Å²) >= 11 is 2.91. The van der Waals surface area contributed by atoms with E-state index in [1.807, 2.05) is 0 Å². The fourth-order valence-corrected chi connectivity index (χ4v) is 6.56. The Labute approximate surface area is 185 Å². The average Bonchev–Trinajstić information content (AvgIpc) is 3.48. The number of carbonyl (C=O) groups excluding carboxylic acids is 2. The molecule has 1 amide bonds. The molecular formula is C21H28N4O3S2. The first kappa shape index (κ1) is 21.4. The second-order valence-electron chi connectivity index (χ2n) is 7.81. The molecular weight excluding hydrogens is 420 g/mol. The molecule has 1 N–H and O–H groups in total. The average molecular weight is 449 g/mol. The number of thioether (sulfide) groups is 1. The maximum Gasteiger partial charge on any atom is 0.341 e. The molecule has 162 valence electrons. The highest BCUT2D eigenvalue weighted by atomic mass is 32.2. The van der Waals surface area contributed by atoms with Crippen LogP contribution < -0.4 is 5.32 Å². The van der Waals surface area contributed by atoms with E-state index in [4.69, 9.17) is 4.74 Å². The summed E-state index contributed by atoms with van der Waals surface area (Å²) in [6, 6.07) is 0. The zero-order chi connectivity index (χ0) is 21.1. The number of fused-ring (bicyclic) bond motifs is 1. The van der Waals surface area contributed by atoms with Crippen LogP contribution in [-0.2, 0) is 28.9 Å². The molecule has 1 saturated carbocycles. The molecule has 0 atom stereocenters. The van der Waals surface area contributed by atoms with E-state index in [-0.39, 0.29) is 17.6 Å². The molecule has 0 bridgehead atoms. The van der Waals surface area contributed by atoms with Crippen molar-refractivity contribution in [2.45, 2.75) is 75.9 Å². The Kier molecular flexibility index (Phi) is 6.77. The van der Waals surface area contributed by atoms with E-state index in [1.165, 1.54) is 60.8 Å². The molecule has 0 aliphatic heterocycles. The van der Waals surface area contributed by atoms with Gasteiger partial charge in [0.1, 0.15) is 10.8 Å². The Bertz CT molecular complexity index is 931. The number of hydrogen-bond acceptors (Lipinski definition) is 7. The SMILES string of the molecule is CCn1c(SCC(=O)Nc2sc3c(c2C(=O)OC)CCCC3)nnc1C1CCCC1. The fraction of sp³-hybridized carbons (Fsp3) is 0.619. The predicted molar refractivity (Wildman–Crippen MR) is 119 cm³/mol. The largest absolute Gasteiger partial charge is 0.465 e. The molecule has 2 aromatic rings. The van der Waals surface area contributed by atoms with Crippen LogP contribution in [0.4, 0.5) is 5.00 Å². The highest BCUT2D eigenvalue weighted by Crippen LogP contribution is 2.39. The molecule has 0 saturated heterocycles. The maximum atomic E-state index is 12.7. The zero-order valence-electron chi connectivity index (χ0n) is 17.5. The van der Waals surface area contributed by atoms with Crippen LogP contribution >= 0.6 is 23.1 Å². The van der Waals surface area contributed by atoms with E-state index in [0.717, 1.165) is 48.8 Å². The lowest BCUT2D eigenvalue weighted by atomic mass is 9.95. The van der Waals surface area contributed by atoms with Gasteiger partial charge in [0, 0.05) is 17.3 Å². The second kappa shape index (κ2) is 9.51. The van der Waals surface area contributed by atoms with Gasteiger partial charge in [0.05, 0.1) is 18.4 Å². The van der Waals surface area contributed by atoms with Crippen molar-refractivity contribution in [3.05, 3.63) is 21.8 Å². The van der Waals surface area contributed by atoms with Gasteiger partial charge in [-0.25, -0.2) is 4.79 Å². The summed E-state index contributed by atoms with van der Waals surface area (Å²) in [5.41, 5.74) is 1.59. The van der Waals surface area contributed by atoms with Crippen molar-refractivity contribution in [2.24, 2.45) is 0 Å². The van der Waals surface area contributed by atoms with Crippen LogP contribution in [0.2, 0.25) is 0 Å². The molecule has 2 heterocycles. The number of methoxy groups -OCH3 is 1. The van der Waals surface area contributed by atoms with Crippen molar-refractivity contribution < 1.29 is 14.3 Å². The molecule has 4 rings (SSSR count). The molecule has 0 unspecified atom stereocenters. The van der Waals surface area contributed by atoms with Crippen molar-refractivity contribution in [2.75, 3.05) is 18.2 Å². The van der Waals surface area contributed by atoms with Gasteiger partial charge >= 0.3 is 5.97 Å². The molecule has 0 radical (unpaired) electrons. The quantitative estimate of drug-likeness (QED) is 0.499. The van der Waals surface area contributed by atoms with Crippen molar-refractivity contribution in [1.82, 2.24) is 14.8 Å². The van der Waals surface area contributed by atoms with Crippen LogP contribution in [0.3, 0.4) is 0 Å². The number of nitrogens with one attached hydrogen (secondary N) is 1. The van der Waals surface area contributed by atoms with Crippen LogP contribution in [0, 0.1) is 0 Å². The molecule has 2 aliphatic rings. The minimum atomic E-state index is -0.371. The van der Waals surface area contributed by atoms with Gasteiger partial charge in [-0.1, -0.05) is 24.6 Å². The number of thiophene rings is 1. The standard InChI is InChI=1S/C21H28N4O3S2/c1-3-25-18(13-8-4-5-9-13)23-24-21(25)29-12-16(26)22-19-17(20(27)28-2)14-10-6-7-11-15(14)30-19/h13H,3-12H2,1-2H3,(H,22,26). The lowest BCUT2D eigenvalue weighted by molar-refractivity contribution is -0.113. The molecule has 1 fully saturated rings.